The fourth-order valence-electron chi connectivity index (χ4n) is 1.06. The van der Waals surface area contributed by atoms with Crippen molar-refractivity contribution in [1.82, 2.24) is 14.5 Å². The molecule has 0 bridgehead atoms. The predicted molar refractivity (Wildman–Crippen MR) is 59.2 cm³/mol. The topological polar surface area (TPSA) is 58.1 Å². The molecule has 0 aliphatic heterocycles. The number of amides is 1. The largest absolute Gasteiger partial charge is 0.349 e. The van der Waals surface area contributed by atoms with E-state index in [1.54, 1.807) is 24.9 Å². The van der Waals surface area contributed by atoms with Crippen LogP contribution >= 0.6 is 12.2 Å². The van der Waals surface area contributed by atoms with E-state index in [0.717, 1.165) is 0 Å². The van der Waals surface area contributed by atoms with E-state index in [4.69, 9.17) is 12.2 Å². The van der Waals surface area contributed by atoms with Crippen LogP contribution in [0.25, 0.3) is 0 Å². The second-order valence-electron chi connectivity index (χ2n) is 3.34. The molecule has 0 aliphatic rings. The number of nitrogens with zero attached hydrogens (tertiary/aromatic N) is 2. The Morgan fingerprint density at radius 1 is 1.60 bits per heavy atom. The van der Waals surface area contributed by atoms with Crippen LogP contribution in [0, 0.1) is 4.77 Å². The Bertz CT molecular complexity index is 461. The van der Waals surface area contributed by atoms with Crippen molar-refractivity contribution in [3.63, 3.8) is 0 Å². The molecule has 1 amide bonds. The van der Waals surface area contributed by atoms with Crippen LogP contribution in [0.4, 0.5) is 0 Å². The number of aromatic amines is 1. The van der Waals surface area contributed by atoms with Gasteiger partial charge >= 0.3 is 0 Å². The highest BCUT2D eigenvalue weighted by atomic mass is 32.1. The SMILES string of the molecule is CN(C)C(=O)CCn1ccc(=O)[nH]c1=S. The van der Waals surface area contributed by atoms with E-state index in [1.165, 1.54) is 11.0 Å². The smallest absolute Gasteiger partial charge is 0.251 e. The maximum Gasteiger partial charge on any atom is 0.251 e. The minimum Gasteiger partial charge on any atom is -0.349 e. The molecule has 1 rings (SSSR count). The molecular formula is C9H13N3O2S. The number of aryl methyl sites for hydroxylation is 1. The third kappa shape index (κ3) is 3.32. The predicted octanol–water partition coefficient (Wildman–Crippen LogP) is 0.384. The van der Waals surface area contributed by atoms with Crippen molar-refractivity contribution in [3.8, 4) is 0 Å². The minimum absolute atomic E-state index is 0.0306. The summed E-state index contributed by atoms with van der Waals surface area (Å²) in [5.74, 6) is 0.0306. The normalized spacial score (nSPS) is 10.0. The van der Waals surface area contributed by atoms with E-state index in [0.29, 0.717) is 17.7 Å². The summed E-state index contributed by atoms with van der Waals surface area (Å²) in [4.78, 5) is 26.2. The Balaban J connectivity index is 2.70. The molecule has 6 heteroatoms. The molecular weight excluding hydrogens is 214 g/mol. The molecule has 0 atom stereocenters. The summed E-state index contributed by atoms with van der Waals surface area (Å²) in [6.45, 7) is 0.479. The average molecular weight is 227 g/mol. The van der Waals surface area contributed by atoms with Gasteiger partial charge in [-0.15, -0.1) is 0 Å². The maximum absolute atomic E-state index is 11.3. The van der Waals surface area contributed by atoms with E-state index < -0.39 is 0 Å². The Morgan fingerprint density at radius 2 is 2.27 bits per heavy atom. The molecule has 0 aliphatic carbocycles. The first-order chi connectivity index (χ1) is 7.00. The van der Waals surface area contributed by atoms with Crippen molar-refractivity contribution in [2.45, 2.75) is 13.0 Å². The first-order valence-corrected chi connectivity index (χ1v) is 4.91. The molecule has 1 N–H and O–H groups in total. The highest BCUT2D eigenvalue weighted by Crippen LogP contribution is 1.94. The fraction of sp³-hybridized carbons (Fsp3) is 0.444. The first-order valence-electron chi connectivity index (χ1n) is 4.50. The van der Waals surface area contributed by atoms with E-state index in [-0.39, 0.29) is 11.5 Å². The van der Waals surface area contributed by atoms with Gasteiger partial charge in [0.2, 0.25) is 5.91 Å². The first kappa shape index (κ1) is 11.6. The molecule has 1 aromatic heterocycles. The van der Waals surface area contributed by atoms with Crippen LogP contribution in [0.2, 0.25) is 0 Å². The van der Waals surface area contributed by atoms with Crippen molar-refractivity contribution in [1.29, 1.82) is 0 Å². The van der Waals surface area contributed by atoms with Gasteiger partial charge in [0.1, 0.15) is 0 Å². The summed E-state index contributed by atoms with van der Waals surface area (Å²) in [7, 11) is 3.41. The monoisotopic (exact) mass is 227 g/mol. The van der Waals surface area contributed by atoms with Crippen molar-refractivity contribution in [2.75, 3.05) is 14.1 Å². The lowest BCUT2D eigenvalue weighted by atomic mass is 10.4. The Morgan fingerprint density at radius 3 is 2.80 bits per heavy atom. The van der Waals surface area contributed by atoms with Crippen LogP contribution in [0.3, 0.4) is 0 Å². The van der Waals surface area contributed by atoms with Crippen LogP contribution in [0.15, 0.2) is 17.1 Å². The van der Waals surface area contributed by atoms with Crippen LogP contribution in [-0.4, -0.2) is 34.5 Å². The molecule has 1 aromatic rings. The molecule has 82 valence electrons. The lowest BCUT2D eigenvalue weighted by Gasteiger charge is -2.10. The molecule has 0 radical (unpaired) electrons. The fourth-order valence-corrected chi connectivity index (χ4v) is 1.31. The summed E-state index contributed by atoms with van der Waals surface area (Å²) < 4.78 is 2.01. The standard InChI is InChI=1S/C9H13N3O2S/c1-11(2)8(14)4-6-12-5-3-7(13)10-9(12)15/h3,5H,4,6H2,1-2H3,(H,10,13,15). The van der Waals surface area contributed by atoms with E-state index in [2.05, 4.69) is 4.98 Å². The van der Waals surface area contributed by atoms with Gasteiger partial charge in [-0.05, 0) is 12.2 Å². The quantitative estimate of drug-likeness (QED) is 0.760. The molecule has 1 heterocycles. The lowest BCUT2D eigenvalue weighted by molar-refractivity contribution is -0.128. The van der Waals surface area contributed by atoms with Gasteiger partial charge in [0.25, 0.3) is 5.56 Å². The average Bonchev–Trinajstić information content (AvgIpc) is 2.15. The summed E-state index contributed by atoms with van der Waals surface area (Å²) in [5.41, 5.74) is -0.227. The van der Waals surface area contributed by atoms with Crippen LogP contribution in [-0.2, 0) is 11.3 Å². The summed E-state index contributed by atoms with van der Waals surface area (Å²) in [5, 5.41) is 0. The Hall–Kier alpha value is -1.43. The second-order valence-corrected chi connectivity index (χ2v) is 3.73. The molecule has 0 saturated carbocycles. The Labute approximate surface area is 92.3 Å². The zero-order valence-corrected chi connectivity index (χ0v) is 9.50. The molecule has 5 nitrogen and oxygen atoms in total. The third-order valence-corrected chi connectivity index (χ3v) is 2.30. The molecule has 15 heavy (non-hydrogen) atoms. The lowest BCUT2D eigenvalue weighted by Crippen LogP contribution is -2.23. The highest BCUT2D eigenvalue weighted by molar-refractivity contribution is 7.71. The number of nitrogens with one attached hydrogen (secondary N) is 1. The number of carbonyl (C=O) groups is 1. The molecule has 0 aromatic carbocycles. The van der Waals surface area contributed by atoms with Crippen molar-refractivity contribution < 1.29 is 4.79 Å². The van der Waals surface area contributed by atoms with E-state index >= 15 is 0 Å². The van der Waals surface area contributed by atoms with Crippen molar-refractivity contribution >= 4 is 18.1 Å². The van der Waals surface area contributed by atoms with Gasteiger partial charge in [0, 0.05) is 39.3 Å². The van der Waals surface area contributed by atoms with Gasteiger partial charge < -0.3 is 9.47 Å². The van der Waals surface area contributed by atoms with Gasteiger partial charge in [0.15, 0.2) is 4.77 Å². The molecule has 0 saturated heterocycles. The highest BCUT2D eigenvalue weighted by Gasteiger charge is 2.03. The van der Waals surface area contributed by atoms with Gasteiger partial charge in [-0.1, -0.05) is 0 Å². The Kier molecular flexibility index (Phi) is 3.79. The van der Waals surface area contributed by atoms with Gasteiger partial charge in [-0.25, -0.2) is 0 Å². The molecule has 0 unspecified atom stereocenters. The van der Waals surface area contributed by atoms with Crippen LogP contribution < -0.4 is 5.56 Å². The summed E-state index contributed by atoms with van der Waals surface area (Å²) in [6, 6.07) is 1.38. The number of aromatic nitrogens is 2. The van der Waals surface area contributed by atoms with Gasteiger partial charge in [-0.2, -0.15) is 0 Å². The van der Waals surface area contributed by atoms with Crippen LogP contribution in [0.5, 0.6) is 0 Å². The summed E-state index contributed by atoms with van der Waals surface area (Å²) in [6.07, 6.45) is 1.96. The molecule has 0 fully saturated rings. The van der Waals surface area contributed by atoms with Crippen molar-refractivity contribution in [3.05, 3.63) is 27.4 Å². The maximum atomic E-state index is 11.3. The number of H-pyrrole nitrogens is 1. The van der Waals surface area contributed by atoms with E-state index in [1.807, 2.05) is 0 Å². The van der Waals surface area contributed by atoms with E-state index in [9.17, 15) is 9.59 Å². The zero-order chi connectivity index (χ0) is 11.4. The number of carbonyl (C=O) groups excluding carboxylic acids is 1. The second kappa shape index (κ2) is 4.88. The number of rotatable bonds is 3. The summed E-state index contributed by atoms with van der Waals surface area (Å²) >= 11 is 4.94. The van der Waals surface area contributed by atoms with Crippen LogP contribution in [0.1, 0.15) is 6.42 Å². The number of hydrogen-bond acceptors (Lipinski definition) is 3. The minimum atomic E-state index is -0.227. The third-order valence-electron chi connectivity index (χ3n) is 1.96. The van der Waals surface area contributed by atoms with Crippen molar-refractivity contribution in [2.24, 2.45) is 0 Å². The van der Waals surface area contributed by atoms with Gasteiger partial charge in [0.05, 0.1) is 0 Å². The number of hydrogen-bond donors (Lipinski definition) is 1. The molecule has 0 spiro atoms. The zero-order valence-electron chi connectivity index (χ0n) is 8.69. The van der Waals surface area contributed by atoms with Gasteiger partial charge in [-0.3, -0.25) is 14.6 Å².